The second kappa shape index (κ2) is 8.98. The van der Waals surface area contributed by atoms with Crippen LogP contribution in [0, 0.1) is 11.3 Å². The Balaban J connectivity index is 2.03. The van der Waals surface area contributed by atoms with E-state index in [1.807, 2.05) is 42.5 Å². The van der Waals surface area contributed by atoms with Crippen LogP contribution in [0.15, 0.2) is 48.5 Å². The number of carbonyl (C=O) groups is 2. The topological polar surface area (TPSA) is 100 Å². The van der Waals surface area contributed by atoms with Gasteiger partial charge in [0.1, 0.15) is 17.3 Å². The monoisotopic (exact) mass is 388 g/mol. The highest BCUT2D eigenvalue weighted by molar-refractivity contribution is 6.02. The Labute approximate surface area is 168 Å². The van der Waals surface area contributed by atoms with Crippen molar-refractivity contribution in [1.82, 2.24) is 4.98 Å². The van der Waals surface area contributed by atoms with Crippen LogP contribution in [0.5, 0.6) is 5.75 Å². The molecule has 0 unspecified atom stereocenters. The van der Waals surface area contributed by atoms with Crippen molar-refractivity contribution >= 4 is 22.7 Å². The minimum absolute atomic E-state index is 0.00407. The van der Waals surface area contributed by atoms with E-state index in [0.29, 0.717) is 17.3 Å². The number of carbonyl (C=O) groups excluding carboxylic acids is 2. The van der Waals surface area contributed by atoms with Crippen LogP contribution in [-0.2, 0) is 16.0 Å². The summed E-state index contributed by atoms with van der Waals surface area (Å²) in [6, 6.07) is 17.1. The number of nitrogens with zero attached hydrogens (tertiary/aromatic N) is 2. The number of rotatable bonds is 7. The van der Waals surface area contributed by atoms with Gasteiger partial charge in [-0.05, 0) is 24.5 Å². The van der Waals surface area contributed by atoms with Gasteiger partial charge in [-0.15, -0.1) is 0 Å². The van der Waals surface area contributed by atoms with E-state index in [1.165, 1.54) is 0 Å². The van der Waals surface area contributed by atoms with Gasteiger partial charge in [0.2, 0.25) is 0 Å². The lowest BCUT2D eigenvalue weighted by Crippen LogP contribution is -2.10. The third-order valence-corrected chi connectivity index (χ3v) is 4.55. The molecule has 0 spiro atoms. The van der Waals surface area contributed by atoms with E-state index in [2.05, 4.69) is 4.98 Å². The highest BCUT2D eigenvalue weighted by atomic mass is 16.5. The smallest absolute Gasteiger partial charge is 0.306 e. The maximum Gasteiger partial charge on any atom is 0.306 e. The fourth-order valence-electron chi connectivity index (χ4n) is 3.17. The van der Waals surface area contributed by atoms with Crippen LogP contribution >= 0.6 is 0 Å². The molecule has 6 heteroatoms. The first-order valence-corrected chi connectivity index (χ1v) is 9.32. The van der Waals surface area contributed by atoms with Gasteiger partial charge >= 0.3 is 5.97 Å². The number of aromatic nitrogens is 1. The summed E-state index contributed by atoms with van der Waals surface area (Å²) in [5.41, 5.74) is 2.20. The number of pyridine rings is 1. The van der Waals surface area contributed by atoms with Gasteiger partial charge in [0.15, 0.2) is 11.5 Å². The molecule has 146 valence electrons. The van der Waals surface area contributed by atoms with E-state index in [0.717, 1.165) is 11.1 Å². The number of fused-ring (bicyclic) bond motifs is 1. The van der Waals surface area contributed by atoms with Crippen LogP contribution in [0.4, 0.5) is 0 Å². The molecular weight excluding hydrogens is 368 g/mol. The largest absolute Gasteiger partial charge is 0.504 e. The molecule has 1 heterocycles. The van der Waals surface area contributed by atoms with Crippen molar-refractivity contribution in [1.29, 1.82) is 5.26 Å². The summed E-state index contributed by atoms with van der Waals surface area (Å²) in [5, 5.41) is 20.5. The van der Waals surface area contributed by atoms with Crippen molar-refractivity contribution in [2.45, 2.75) is 26.2 Å². The fraction of sp³-hybridized carbons (Fsp3) is 0.217. The first kappa shape index (κ1) is 20.0. The Morgan fingerprint density at radius 2 is 1.86 bits per heavy atom. The molecule has 0 fully saturated rings. The summed E-state index contributed by atoms with van der Waals surface area (Å²) in [7, 11) is 0. The van der Waals surface area contributed by atoms with Crippen LogP contribution in [0.3, 0.4) is 0 Å². The van der Waals surface area contributed by atoms with E-state index in [-0.39, 0.29) is 30.7 Å². The van der Waals surface area contributed by atoms with Crippen molar-refractivity contribution in [3.8, 4) is 11.8 Å². The lowest BCUT2D eigenvalue weighted by atomic mass is 9.98. The molecule has 0 aliphatic rings. The van der Waals surface area contributed by atoms with Crippen molar-refractivity contribution in [3.05, 3.63) is 70.9 Å². The van der Waals surface area contributed by atoms with E-state index in [4.69, 9.17) is 4.74 Å². The molecule has 0 amide bonds. The molecule has 0 saturated heterocycles. The molecule has 2 aromatic carbocycles. The summed E-state index contributed by atoms with van der Waals surface area (Å²) in [6.07, 6.45) is 0.299. The standard InChI is InChI=1S/C23H20N2O4/c1-2-29-20(27)12-11-19(26)22-23(28)18(14-24)17-10-6-9-16(21(17)25-22)13-15-7-4-3-5-8-15/h3-10,28H,2,11-13H2,1H3. The number of esters is 1. The van der Waals surface area contributed by atoms with Gasteiger partial charge in [-0.1, -0.05) is 48.5 Å². The number of nitriles is 1. The van der Waals surface area contributed by atoms with Crippen molar-refractivity contribution in [2.75, 3.05) is 6.61 Å². The molecule has 3 aromatic rings. The summed E-state index contributed by atoms with van der Waals surface area (Å²) < 4.78 is 4.83. The maximum atomic E-state index is 12.6. The number of hydrogen-bond acceptors (Lipinski definition) is 6. The average Bonchev–Trinajstić information content (AvgIpc) is 2.73. The minimum atomic E-state index is -0.511. The molecular formula is C23H20N2O4. The van der Waals surface area contributed by atoms with Crippen molar-refractivity contribution in [3.63, 3.8) is 0 Å². The molecule has 0 aliphatic heterocycles. The molecule has 1 aromatic heterocycles. The van der Waals surface area contributed by atoms with Gasteiger partial charge in [0.05, 0.1) is 18.5 Å². The lowest BCUT2D eigenvalue weighted by molar-refractivity contribution is -0.143. The number of ether oxygens (including phenoxy) is 1. The van der Waals surface area contributed by atoms with Crippen LogP contribution in [0.25, 0.3) is 10.9 Å². The molecule has 0 radical (unpaired) electrons. The highest BCUT2D eigenvalue weighted by Gasteiger charge is 2.22. The predicted octanol–water partition coefficient (Wildman–Crippen LogP) is 3.93. The van der Waals surface area contributed by atoms with E-state index >= 15 is 0 Å². The Morgan fingerprint density at radius 1 is 1.10 bits per heavy atom. The first-order chi connectivity index (χ1) is 14.0. The van der Waals surface area contributed by atoms with Crippen LogP contribution < -0.4 is 0 Å². The molecule has 6 nitrogen and oxygen atoms in total. The second-order valence-corrected chi connectivity index (χ2v) is 6.50. The highest BCUT2D eigenvalue weighted by Crippen LogP contribution is 2.31. The molecule has 1 N–H and O–H groups in total. The van der Waals surface area contributed by atoms with E-state index in [9.17, 15) is 20.0 Å². The number of aromatic hydroxyl groups is 1. The molecule has 3 rings (SSSR count). The number of ketones is 1. The number of benzene rings is 2. The summed E-state index contributed by atoms with van der Waals surface area (Å²) in [5.74, 6) is -1.46. The summed E-state index contributed by atoms with van der Waals surface area (Å²) >= 11 is 0. The normalized spacial score (nSPS) is 10.5. The first-order valence-electron chi connectivity index (χ1n) is 9.32. The van der Waals surface area contributed by atoms with Gasteiger partial charge < -0.3 is 9.84 Å². The Kier molecular flexibility index (Phi) is 6.20. The number of para-hydroxylation sites is 1. The zero-order valence-electron chi connectivity index (χ0n) is 16.0. The predicted molar refractivity (Wildman–Crippen MR) is 108 cm³/mol. The second-order valence-electron chi connectivity index (χ2n) is 6.50. The Hall–Kier alpha value is -3.72. The fourth-order valence-corrected chi connectivity index (χ4v) is 3.17. The molecule has 0 bridgehead atoms. The number of hydrogen-bond donors (Lipinski definition) is 1. The Bertz CT molecular complexity index is 1100. The maximum absolute atomic E-state index is 12.6. The van der Waals surface area contributed by atoms with E-state index < -0.39 is 17.5 Å². The minimum Gasteiger partial charge on any atom is -0.504 e. The zero-order valence-corrected chi connectivity index (χ0v) is 16.0. The molecule has 0 aliphatic carbocycles. The number of Topliss-reactive ketones (excluding diaryl/α,β-unsaturated/α-hetero) is 1. The summed E-state index contributed by atoms with van der Waals surface area (Å²) in [4.78, 5) is 28.6. The summed E-state index contributed by atoms with van der Waals surface area (Å²) in [6.45, 7) is 1.91. The van der Waals surface area contributed by atoms with Gasteiger partial charge in [0.25, 0.3) is 0 Å². The SMILES string of the molecule is CCOC(=O)CCC(=O)c1nc2c(Cc3ccccc3)cccc2c(C#N)c1O. The van der Waals surface area contributed by atoms with Gasteiger partial charge in [-0.25, -0.2) is 4.98 Å². The van der Waals surface area contributed by atoms with Crippen molar-refractivity contribution in [2.24, 2.45) is 0 Å². The van der Waals surface area contributed by atoms with Crippen molar-refractivity contribution < 1.29 is 19.4 Å². The zero-order chi connectivity index (χ0) is 20.8. The lowest BCUT2D eigenvalue weighted by Gasteiger charge is -2.11. The molecule has 29 heavy (non-hydrogen) atoms. The van der Waals surface area contributed by atoms with Gasteiger partial charge in [0, 0.05) is 11.8 Å². The van der Waals surface area contributed by atoms with Crippen LogP contribution in [0.1, 0.15) is 46.9 Å². The third kappa shape index (κ3) is 4.41. The Morgan fingerprint density at radius 3 is 2.55 bits per heavy atom. The third-order valence-electron chi connectivity index (χ3n) is 4.55. The molecule has 0 atom stereocenters. The average molecular weight is 388 g/mol. The van der Waals surface area contributed by atoms with Crippen LogP contribution in [-0.4, -0.2) is 28.4 Å². The van der Waals surface area contributed by atoms with Gasteiger partial charge in [-0.3, -0.25) is 9.59 Å². The van der Waals surface area contributed by atoms with Gasteiger partial charge in [-0.2, -0.15) is 5.26 Å². The van der Waals surface area contributed by atoms with Crippen LogP contribution in [0.2, 0.25) is 0 Å². The van der Waals surface area contributed by atoms with E-state index in [1.54, 1.807) is 19.1 Å². The quantitative estimate of drug-likeness (QED) is 0.486. The molecule has 0 saturated carbocycles.